The summed E-state index contributed by atoms with van der Waals surface area (Å²) in [5, 5.41) is 3.86. The van der Waals surface area contributed by atoms with Crippen molar-refractivity contribution < 1.29 is 13.2 Å². The maximum Gasteiger partial charge on any atom is 0.244 e. The van der Waals surface area contributed by atoms with Crippen LogP contribution in [0.2, 0.25) is 10.0 Å². The number of fused-ring (bicyclic) bond motifs is 1. The maximum absolute atomic E-state index is 13.5. The van der Waals surface area contributed by atoms with Crippen molar-refractivity contribution in [3.05, 3.63) is 70.2 Å². The standard InChI is InChI=1S/C24H28Cl2N2O3S/c1-16(2)14-22(24(29)27-12-10-18-8-9-20(25)21(26)15-18)28-13-11-17(3)19-6-4-5-7-23(19)32(28,30)31/h4-9,15-16,22H,3,10-14H2,1-2H3,(H,27,29)/t22-/m1/s1. The summed E-state index contributed by atoms with van der Waals surface area (Å²) < 4.78 is 28.4. The molecular formula is C24H28Cl2N2O3S. The van der Waals surface area contributed by atoms with E-state index in [-0.39, 0.29) is 23.3 Å². The van der Waals surface area contributed by atoms with Gasteiger partial charge in [-0.3, -0.25) is 4.79 Å². The Kier molecular flexibility index (Phi) is 8.04. The summed E-state index contributed by atoms with van der Waals surface area (Å²) in [4.78, 5) is 13.4. The van der Waals surface area contributed by atoms with E-state index in [4.69, 9.17) is 23.2 Å². The monoisotopic (exact) mass is 494 g/mol. The zero-order chi connectivity index (χ0) is 23.5. The van der Waals surface area contributed by atoms with E-state index in [0.29, 0.717) is 41.4 Å². The van der Waals surface area contributed by atoms with Crippen LogP contribution in [-0.4, -0.2) is 37.8 Å². The van der Waals surface area contributed by atoms with Gasteiger partial charge in [0.2, 0.25) is 15.9 Å². The first-order valence-corrected chi connectivity index (χ1v) is 12.8. The Morgan fingerprint density at radius 2 is 1.88 bits per heavy atom. The molecule has 32 heavy (non-hydrogen) atoms. The number of nitrogens with zero attached hydrogens (tertiary/aromatic N) is 1. The number of amides is 1. The van der Waals surface area contributed by atoms with Crippen molar-refractivity contribution in [2.45, 2.75) is 44.0 Å². The van der Waals surface area contributed by atoms with Gasteiger partial charge in [0, 0.05) is 13.1 Å². The Balaban J connectivity index is 1.81. The van der Waals surface area contributed by atoms with Gasteiger partial charge in [-0.15, -0.1) is 0 Å². The topological polar surface area (TPSA) is 66.5 Å². The molecule has 0 fully saturated rings. The van der Waals surface area contributed by atoms with Gasteiger partial charge in [0.05, 0.1) is 14.9 Å². The number of hydrogen-bond acceptors (Lipinski definition) is 3. The van der Waals surface area contributed by atoms with Gasteiger partial charge in [-0.1, -0.05) is 67.9 Å². The number of carbonyl (C=O) groups is 1. The highest BCUT2D eigenvalue weighted by atomic mass is 35.5. The van der Waals surface area contributed by atoms with Crippen LogP contribution in [0.25, 0.3) is 5.57 Å². The van der Waals surface area contributed by atoms with E-state index >= 15 is 0 Å². The summed E-state index contributed by atoms with van der Waals surface area (Å²) in [6.45, 7) is 8.60. The van der Waals surface area contributed by atoms with Crippen LogP contribution in [0.4, 0.5) is 0 Å². The van der Waals surface area contributed by atoms with Gasteiger partial charge in [-0.05, 0) is 60.1 Å². The molecule has 172 valence electrons. The molecule has 0 bridgehead atoms. The zero-order valence-electron chi connectivity index (χ0n) is 18.3. The first kappa shape index (κ1) is 24.8. The minimum Gasteiger partial charge on any atom is -0.354 e. The molecule has 0 saturated heterocycles. The third kappa shape index (κ3) is 5.54. The average Bonchev–Trinajstić information content (AvgIpc) is 2.83. The van der Waals surface area contributed by atoms with Crippen molar-refractivity contribution in [3.63, 3.8) is 0 Å². The van der Waals surface area contributed by atoms with Crippen LogP contribution >= 0.6 is 23.2 Å². The average molecular weight is 495 g/mol. The number of carbonyl (C=O) groups excluding carboxylic acids is 1. The highest BCUT2D eigenvalue weighted by molar-refractivity contribution is 7.89. The minimum atomic E-state index is -3.85. The third-order valence-electron chi connectivity index (χ3n) is 5.53. The molecule has 1 heterocycles. The predicted molar refractivity (Wildman–Crippen MR) is 130 cm³/mol. The summed E-state index contributed by atoms with van der Waals surface area (Å²) in [6.07, 6.45) is 1.46. The molecule has 1 amide bonds. The summed E-state index contributed by atoms with van der Waals surface area (Å²) >= 11 is 12.0. The van der Waals surface area contributed by atoms with E-state index < -0.39 is 16.1 Å². The molecule has 0 aromatic heterocycles. The largest absolute Gasteiger partial charge is 0.354 e. The van der Waals surface area contributed by atoms with Gasteiger partial charge in [-0.25, -0.2) is 8.42 Å². The van der Waals surface area contributed by atoms with Crippen LogP contribution in [0.3, 0.4) is 0 Å². The number of benzene rings is 2. The second kappa shape index (κ2) is 10.4. The molecule has 1 aliphatic rings. The highest BCUT2D eigenvalue weighted by Crippen LogP contribution is 2.33. The normalized spacial score (nSPS) is 17.0. The quantitative estimate of drug-likeness (QED) is 0.576. The number of rotatable bonds is 7. The lowest BCUT2D eigenvalue weighted by molar-refractivity contribution is -0.125. The summed E-state index contributed by atoms with van der Waals surface area (Å²) in [6, 6.07) is 11.4. The SMILES string of the molecule is C=C1CCN([C@H](CC(C)C)C(=O)NCCc2ccc(Cl)c(Cl)c2)S(=O)(=O)c2ccccc21. The van der Waals surface area contributed by atoms with Gasteiger partial charge in [0.1, 0.15) is 6.04 Å². The molecule has 0 saturated carbocycles. The molecule has 0 radical (unpaired) electrons. The van der Waals surface area contributed by atoms with E-state index in [2.05, 4.69) is 11.9 Å². The lowest BCUT2D eigenvalue weighted by atomic mass is 10.0. The second-order valence-corrected chi connectivity index (χ2v) is 11.1. The fourth-order valence-corrected chi connectivity index (χ4v) is 6.04. The molecule has 0 spiro atoms. The summed E-state index contributed by atoms with van der Waals surface area (Å²) in [5.41, 5.74) is 2.32. The van der Waals surface area contributed by atoms with Crippen molar-refractivity contribution in [2.75, 3.05) is 13.1 Å². The molecule has 3 rings (SSSR count). The van der Waals surface area contributed by atoms with Crippen molar-refractivity contribution >= 4 is 44.7 Å². The Bertz CT molecular complexity index is 1120. The first-order chi connectivity index (χ1) is 15.1. The van der Waals surface area contributed by atoms with E-state index in [1.807, 2.05) is 19.9 Å². The van der Waals surface area contributed by atoms with Crippen LogP contribution in [0, 0.1) is 5.92 Å². The molecule has 0 unspecified atom stereocenters. The highest BCUT2D eigenvalue weighted by Gasteiger charge is 2.39. The molecule has 1 N–H and O–H groups in total. The second-order valence-electron chi connectivity index (χ2n) is 8.40. The lowest BCUT2D eigenvalue weighted by Crippen LogP contribution is -2.50. The fourth-order valence-electron chi connectivity index (χ4n) is 3.88. The van der Waals surface area contributed by atoms with Crippen LogP contribution in [0.15, 0.2) is 53.9 Å². The number of nitrogens with one attached hydrogen (secondary N) is 1. The molecular weight excluding hydrogens is 467 g/mol. The van der Waals surface area contributed by atoms with E-state index in [0.717, 1.165) is 11.1 Å². The smallest absolute Gasteiger partial charge is 0.244 e. The van der Waals surface area contributed by atoms with Crippen molar-refractivity contribution in [1.82, 2.24) is 9.62 Å². The zero-order valence-corrected chi connectivity index (χ0v) is 20.6. The molecule has 2 aromatic rings. The predicted octanol–water partition coefficient (Wildman–Crippen LogP) is 5.17. The summed E-state index contributed by atoms with van der Waals surface area (Å²) in [5.74, 6) is -0.162. The van der Waals surface area contributed by atoms with Gasteiger partial charge in [0.15, 0.2) is 0 Å². The molecule has 2 aromatic carbocycles. The third-order valence-corrected chi connectivity index (χ3v) is 8.24. The van der Waals surface area contributed by atoms with E-state index in [1.165, 1.54) is 4.31 Å². The molecule has 0 aliphatic carbocycles. The van der Waals surface area contributed by atoms with Crippen LogP contribution in [0.1, 0.15) is 37.8 Å². The Hall–Kier alpha value is -1.86. The Labute approximate surface area is 200 Å². The Morgan fingerprint density at radius 1 is 1.16 bits per heavy atom. The number of hydrogen-bond donors (Lipinski definition) is 1. The maximum atomic E-state index is 13.5. The van der Waals surface area contributed by atoms with Gasteiger partial charge >= 0.3 is 0 Å². The molecule has 1 aliphatic heterocycles. The van der Waals surface area contributed by atoms with Crippen molar-refractivity contribution in [3.8, 4) is 0 Å². The van der Waals surface area contributed by atoms with Gasteiger partial charge < -0.3 is 5.32 Å². The summed E-state index contributed by atoms with van der Waals surface area (Å²) in [7, 11) is -3.85. The number of sulfonamides is 1. The Morgan fingerprint density at radius 3 is 2.56 bits per heavy atom. The number of halogens is 2. The van der Waals surface area contributed by atoms with Gasteiger partial charge in [0.25, 0.3) is 0 Å². The van der Waals surface area contributed by atoms with E-state index in [1.54, 1.807) is 36.4 Å². The minimum absolute atomic E-state index is 0.137. The van der Waals surface area contributed by atoms with Crippen molar-refractivity contribution in [1.29, 1.82) is 0 Å². The molecule has 5 nitrogen and oxygen atoms in total. The van der Waals surface area contributed by atoms with Crippen LogP contribution < -0.4 is 5.32 Å². The van der Waals surface area contributed by atoms with Crippen molar-refractivity contribution in [2.24, 2.45) is 5.92 Å². The van der Waals surface area contributed by atoms with Crippen LogP contribution in [0.5, 0.6) is 0 Å². The molecule has 8 heteroatoms. The first-order valence-electron chi connectivity index (χ1n) is 10.6. The fraction of sp³-hybridized carbons (Fsp3) is 0.375. The lowest BCUT2D eigenvalue weighted by Gasteiger charge is -2.30. The van der Waals surface area contributed by atoms with Gasteiger partial charge in [-0.2, -0.15) is 4.31 Å². The van der Waals surface area contributed by atoms with Crippen LogP contribution in [-0.2, 0) is 21.2 Å². The van der Waals surface area contributed by atoms with E-state index in [9.17, 15) is 13.2 Å². The molecule has 1 atom stereocenters.